The molecule has 0 aromatic heterocycles. The number of hydrogen-bond donors (Lipinski definition) is 1. The van der Waals surface area contributed by atoms with Gasteiger partial charge in [-0.25, -0.2) is 4.79 Å². The van der Waals surface area contributed by atoms with Crippen molar-refractivity contribution in [3.8, 4) is 5.75 Å². The molecule has 1 atom stereocenters. The SMILES string of the molecule is CCCOCCOC(=O)C1=C(C)NC2=C(C(=O)CCC2)[C@@H]1c1ccccc1OCc1ccccc1. The van der Waals surface area contributed by atoms with Crippen molar-refractivity contribution in [2.75, 3.05) is 19.8 Å². The molecule has 0 radical (unpaired) electrons. The Morgan fingerprint density at radius 1 is 1.00 bits per heavy atom. The van der Waals surface area contributed by atoms with Crippen LogP contribution in [0.2, 0.25) is 0 Å². The summed E-state index contributed by atoms with van der Waals surface area (Å²) < 4.78 is 17.3. The van der Waals surface area contributed by atoms with Gasteiger partial charge in [-0.3, -0.25) is 4.79 Å². The molecular weight excluding hydrogens is 442 g/mol. The first kappa shape index (κ1) is 24.7. The van der Waals surface area contributed by atoms with Gasteiger partial charge in [0.1, 0.15) is 19.0 Å². The molecule has 1 N–H and O–H groups in total. The maximum Gasteiger partial charge on any atom is 0.336 e. The van der Waals surface area contributed by atoms with Crippen LogP contribution < -0.4 is 10.1 Å². The van der Waals surface area contributed by atoms with E-state index in [4.69, 9.17) is 14.2 Å². The lowest BCUT2D eigenvalue weighted by Crippen LogP contribution is -2.34. The molecule has 0 amide bonds. The fraction of sp³-hybridized carbons (Fsp3) is 0.379. The van der Waals surface area contributed by atoms with E-state index in [1.807, 2.05) is 68.4 Å². The van der Waals surface area contributed by atoms with Gasteiger partial charge in [-0.1, -0.05) is 55.5 Å². The third kappa shape index (κ3) is 5.82. The van der Waals surface area contributed by atoms with Crippen LogP contribution in [0.15, 0.2) is 77.1 Å². The number of ether oxygens (including phenoxy) is 3. The predicted molar refractivity (Wildman–Crippen MR) is 134 cm³/mol. The van der Waals surface area contributed by atoms with Gasteiger partial charge in [-0.15, -0.1) is 0 Å². The quantitative estimate of drug-likeness (QED) is 0.376. The average molecular weight is 476 g/mol. The van der Waals surface area contributed by atoms with Crippen molar-refractivity contribution >= 4 is 11.8 Å². The van der Waals surface area contributed by atoms with E-state index in [1.54, 1.807) is 0 Å². The Hall–Kier alpha value is -3.38. The Balaban J connectivity index is 1.67. The van der Waals surface area contributed by atoms with E-state index in [9.17, 15) is 9.59 Å². The molecule has 2 aliphatic rings. The second-order valence-corrected chi connectivity index (χ2v) is 8.83. The largest absolute Gasteiger partial charge is 0.489 e. The summed E-state index contributed by atoms with van der Waals surface area (Å²) in [7, 11) is 0. The number of carbonyl (C=O) groups excluding carboxylic acids is 2. The van der Waals surface area contributed by atoms with Gasteiger partial charge in [-0.05, 0) is 37.8 Å². The Labute approximate surface area is 207 Å². The second-order valence-electron chi connectivity index (χ2n) is 8.83. The lowest BCUT2D eigenvalue weighted by atomic mass is 9.75. The molecule has 0 saturated carbocycles. The third-order valence-electron chi connectivity index (χ3n) is 6.27. The molecule has 0 saturated heterocycles. The standard InChI is InChI=1S/C29H33NO5/c1-3-16-33-17-18-34-29(32)26-20(2)30-23-13-9-14-24(31)28(23)27(26)22-12-7-8-15-25(22)35-19-21-10-5-4-6-11-21/h4-8,10-12,15,27,30H,3,9,13-14,16-19H2,1-2H3/t27-/m1/s1. The minimum absolute atomic E-state index is 0.0608. The first-order valence-corrected chi connectivity index (χ1v) is 12.3. The van der Waals surface area contributed by atoms with Crippen LogP contribution in [0.1, 0.15) is 56.6 Å². The van der Waals surface area contributed by atoms with E-state index in [0.717, 1.165) is 36.1 Å². The fourth-order valence-electron chi connectivity index (χ4n) is 4.67. The lowest BCUT2D eigenvalue weighted by Gasteiger charge is -2.34. The fourth-order valence-corrected chi connectivity index (χ4v) is 4.67. The zero-order valence-electron chi connectivity index (χ0n) is 20.5. The number of ketones is 1. The lowest BCUT2D eigenvalue weighted by molar-refractivity contribution is -0.141. The van der Waals surface area contributed by atoms with Crippen molar-refractivity contribution in [3.63, 3.8) is 0 Å². The number of esters is 1. The highest BCUT2D eigenvalue weighted by molar-refractivity contribution is 6.04. The molecule has 2 aromatic carbocycles. The van der Waals surface area contributed by atoms with Gasteiger partial charge >= 0.3 is 5.97 Å². The normalized spacial score (nSPS) is 17.7. The topological polar surface area (TPSA) is 73.9 Å². The number of rotatable bonds is 10. The highest BCUT2D eigenvalue weighted by Crippen LogP contribution is 2.45. The summed E-state index contributed by atoms with van der Waals surface area (Å²) in [4.78, 5) is 26.5. The third-order valence-corrected chi connectivity index (χ3v) is 6.27. The minimum Gasteiger partial charge on any atom is -0.489 e. The number of Topliss-reactive ketones (excluding diaryl/α,β-unsaturated/α-hetero) is 1. The number of para-hydroxylation sites is 1. The van der Waals surface area contributed by atoms with E-state index in [0.29, 0.717) is 48.8 Å². The van der Waals surface area contributed by atoms with Crippen molar-refractivity contribution in [1.82, 2.24) is 5.32 Å². The van der Waals surface area contributed by atoms with Crippen LogP contribution in [-0.4, -0.2) is 31.6 Å². The van der Waals surface area contributed by atoms with Gasteiger partial charge < -0.3 is 19.5 Å². The van der Waals surface area contributed by atoms with Gasteiger partial charge in [0, 0.05) is 35.6 Å². The molecule has 1 aliphatic heterocycles. The van der Waals surface area contributed by atoms with Gasteiger partial charge in [0.05, 0.1) is 18.1 Å². The van der Waals surface area contributed by atoms with E-state index < -0.39 is 11.9 Å². The molecule has 2 aromatic rings. The Bertz CT molecular complexity index is 1120. The molecule has 0 unspecified atom stereocenters. The number of carbonyl (C=O) groups is 2. The Morgan fingerprint density at radius 2 is 1.77 bits per heavy atom. The van der Waals surface area contributed by atoms with Crippen LogP contribution >= 0.6 is 0 Å². The summed E-state index contributed by atoms with van der Waals surface area (Å²) in [5.41, 5.74) is 4.53. The van der Waals surface area contributed by atoms with Crippen molar-refractivity contribution in [2.45, 2.75) is 52.1 Å². The van der Waals surface area contributed by atoms with Crippen LogP contribution in [0.4, 0.5) is 0 Å². The number of hydrogen-bond acceptors (Lipinski definition) is 6. The molecular formula is C29H33NO5. The Kier molecular flexibility index (Phi) is 8.37. The van der Waals surface area contributed by atoms with E-state index in [1.165, 1.54) is 0 Å². The molecule has 6 heteroatoms. The molecule has 4 rings (SSSR count). The van der Waals surface area contributed by atoms with Gasteiger partial charge in [-0.2, -0.15) is 0 Å². The summed E-state index contributed by atoms with van der Waals surface area (Å²) in [6.45, 7) is 5.41. The molecule has 1 aliphatic carbocycles. The van der Waals surface area contributed by atoms with Crippen molar-refractivity contribution in [3.05, 3.63) is 88.3 Å². The first-order valence-electron chi connectivity index (χ1n) is 12.3. The highest BCUT2D eigenvalue weighted by atomic mass is 16.6. The van der Waals surface area contributed by atoms with E-state index in [-0.39, 0.29) is 12.4 Å². The van der Waals surface area contributed by atoms with Crippen LogP contribution in [0.25, 0.3) is 0 Å². The summed E-state index contributed by atoms with van der Waals surface area (Å²) in [6.07, 6.45) is 2.94. The zero-order valence-corrected chi connectivity index (χ0v) is 20.5. The van der Waals surface area contributed by atoms with Crippen LogP contribution in [0.3, 0.4) is 0 Å². The summed E-state index contributed by atoms with van der Waals surface area (Å²) in [5.74, 6) is -0.276. The summed E-state index contributed by atoms with van der Waals surface area (Å²) in [6, 6.07) is 17.6. The average Bonchev–Trinajstić information content (AvgIpc) is 2.87. The van der Waals surface area contributed by atoms with E-state index in [2.05, 4.69) is 5.32 Å². The van der Waals surface area contributed by atoms with E-state index >= 15 is 0 Å². The number of benzene rings is 2. The molecule has 184 valence electrons. The van der Waals surface area contributed by atoms with Crippen LogP contribution in [0.5, 0.6) is 5.75 Å². The van der Waals surface area contributed by atoms with Gasteiger partial charge in [0.2, 0.25) is 0 Å². The summed E-state index contributed by atoms with van der Waals surface area (Å²) in [5, 5.41) is 3.33. The zero-order chi connectivity index (χ0) is 24.6. The summed E-state index contributed by atoms with van der Waals surface area (Å²) >= 11 is 0. The predicted octanol–water partition coefficient (Wildman–Crippen LogP) is 5.20. The highest BCUT2D eigenvalue weighted by Gasteiger charge is 2.40. The van der Waals surface area contributed by atoms with Crippen LogP contribution in [0, 0.1) is 0 Å². The van der Waals surface area contributed by atoms with Crippen molar-refractivity contribution in [1.29, 1.82) is 0 Å². The monoisotopic (exact) mass is 475 g/mol. The van der Waals surface area contributed by atoms with Crippen molar-refractivity contribution < 1.29 is 23.8 Å². The minimum atomic E-state index is -0.546. The number of allylic oxidation sites excluding steroid dienone is 3. The molecule has 6 nitrogen and oxygen atoms in total. The smallest absolute Gasteiger partial charge is 0.336 e. The number of dihydropyridines is 1. The second kappa shape index (κ2) is 11.8. The van der Waals surface area contributed by atoms with Gasteiger partial charge in [0.15, 0.2) is 5.78 Å². The van der Waals surface area contributed by atoms with Crippen LogP contribution in [-0.2, 0) is 25.7 Å². The first-order chi connectivity index (χ1) is 17.1. The number of nitrogens with one attached hydrogen (secondary N) is 1. The maximum absolute atomic E-state index is 13.3. The Morgan fingerprint density at radius 3 is 2.57 bits per heavy atom. The molecule has 0 fully saturated rings. The van der Waals surface area contributed by atoms with Gasteiger partial charge in [0.25, 0.3) is 0 Å². The molecule has 0 bridgehead atoms. The molecule has 1 heterocycles. The maximum atomic E-state index is 13.3. The molecule has 0 spiro atoms. The van der Waals surface area contributed by atoms with Crippen molar-refractivity contribution in [2.24, 2.45) is 0 Å². The molecule has 35 heavy (non-hydrogen) atoms.